The molecule has 242 valence electrons. The number of fused-ring (bicyclic) bond motifs is 1. The van der Waals surface area contributed by atoms with E-state index in [4.69, 9.17) is 23.4 Å². The van der Waals surface area contributed by atoms with Crippen molar-refractivity contribution in [2.45, 2.75) is 43.9 Å². The number of ether oxygens (including phenoxy) is 4. The van der Waals surface area contributed by atoms with Crippen LogP contribution in [0.25, 0.3) is 28.4 Å². The number of methoxy groups -OCH3 is 1. The molecule has 1 saturated heterocycles. The lowest BCUT2D eigenvalue weighted by Gasteiger charge is -2.46. The number of carbonyl (C=O) groups is 1. The molecule has 0 amide bonds. The van der Waals surface area contributed by atoms with Crippen LogP contribution in [-0.4, -0.2) is 69.5 Å². The second-order valence-electron chi connectivity index (χ2n) is 10.5. The van der Waals surface area contributed by atoms with Crippen LogP contribution in [0.15, 0.2) is 76.0 Å². The standard InChI is InChI=1S/C33H32O13/c1-3-33(32(39)26(46-40)16-23(44-33)17-42-27(37)13-6-18-4-9-20(34)10-5-18)45-31-29(38)28-24(36)14-22(41-2)15-25(28)43-30(31)19-7-11-21(35)12-8-19/h4-15,23,26,32,34-36,39-40H,3,16-17H2,1-2H3/b13-6+/t23?,26?,32?,33-/m1/s1. The van der Waals surface area contributed by atoms with Crippen molar-refractivity contribution in [2.24, 2.45) is 0 Å². The maximum atomic E-state index is 14.0. The minimum absolute atomic E-state index is 0.0327. The molecule has 0 saturated carbocycles. The Labute approximate surface area is 262 Å². The van der Waals surface area contributed by atoms with Gasteiger partial charge in [0.25, 0.3) is 0 Å². The van der Waals surface area contributed by atoms with E-state index in [1.165, 1.54) is 67.8 Å². The number of aromatic hydroxyl groups is 3. The summed E-state index contributed by atoms with van der Waals surface area (Å²) in [4.78, 5) is 31.0. The Balaban J connectivity index is 1.49. The summed E-state index contributed by atoms with van der Waals surface area (Å²) in [5.74, 6) is -3.55. The van der Waals surface area contributed by atoms with E-state index in [0.29, 0.717) is 11.1 Å². The van der Waals surface area contributed by atoms with Crippen molar-refractivity contribution in [3.05, 3.63) is 82.5 Å². The summed E-state index contributed by atoms with van der Waals surface area (Å²) in [6.45, 7) is 1.26. The van der Waals surface area contributed by atoms with E-state index < -0.39 is 47.0 Å². The van der Waals surface area contributed by atoms with E-state index in [2.05, 4.69) is 4.89 Å². The number of aliphatic hydroxyl groups excluding tert-OH is 1. The van der Waals surface area contributed by atoms with E-state index in [9.17, 15) is 35.3 Å². The maximum absolute atomic E-state index is 14.0. The highest BCUT2D eigenvalue weighted by Gasteiger charge is 2.53. The molecule has 5 N–H and O–H groups in total. The number of aliphatic hydroxyl groups is 1. The summed E-state index contributed by atoms with van der Waals surface area (Å²) in [6, 6.07) is 14.4. The van der Waals surface area contributed by atoms with Gasteiger partial charge >= 0.3 is 5.97 Å². The molecule has 0 aliphatic carbocycles. The lowest BCUT2D eigenvalue weighted by Crippen LogP contribution is -2.62. The predicted octanol–water partition coefficient (Wildman–Crippen LogP) is 4.34. The molecule has 0 radical (unpaired) electrons. The number of hydrogen-bond donors (Lipinski definition) is 5. The molecule has 13 nitrogen and oxygen atoms in total. The smallest absolute Gasteiger partial charge is 0.330 e. The molecule has 4 atom stereocenters. The summed E-state index contributed by atoms with van der Waals surface area (Å²) in [7, 11) is 1.38. The summed E-state index contributed by atoms with van der Waals surface area (Å²) < 4.78 is 29.0. The summed E-state index contributed by atoms with van der Waals surface area (Å²) in [5, 5.41) is 50.7. The number of carbonyl (C=O) groups excluding carboxylic acids is 1. The Morgan fingerprint density at radius 2 is 1.72 bits per heavy atom. The molecule has 1 fully saturated rings. The Bertz CT molecular complexity index is 1780. The van der Waals surface area contributed by atoms with Crippen LogP contribution in [0.2, 0.25) is 0 Å². The van der Waals surface area contributed by atoms with Crippen molar-refractivity contribution in [1.29, 1.82) is 0 Å². The fraction of sp³-hybridized carbons (Fsp3) is 0.273. The number of phenolic OH excluding ortho intramolecular Hbond substituents is 3. The minimum atomic E-state index is -2.04. The van der Waals surface area contributed by atoms with Crippen LogP contribution < -0.4 is 14.9 Å². The zero-order valence-electron chi connectivity index (χ0n) is 24.8. The largest absolute Gasteiger partial charge is 0.508 e. The first-order valence-corrected chi connectivity index (χ1v) is 14.2. The Morgan fingerprint density at radius 1 is 1.04 bits per heavy atom. The van der Waals surface area contributed by atoms with Crippen LogP contribution in [-0.2, 0) is 19.2 Å². The summed E-state index contributed by atoms with van der Waals surface area (Å²) in [6.07, 6.45) is -1.46. The third kappa shape index (κ3) is 6.62. The van der Waals surface area contributed by atoms with E-state index in [0.717, 1.165) is 0 Å². The van der Waals surface area contributed by atoms with Gasteiger partial charge in [-0.1, -0.05) is 19.1 Å². The number of rotatable bonds is 10. The average molecular weight is 637 g/mol. The fourth-order valence-electron chi connectivity index (χ4n) is 5.14. The van der Waals surface area contributed by atoms with Gasteiger partial charge in [-0.3, -0.25) is 10.1 Å². The fourth-order valence-corrected chi connectivity index (χ4v) is 5.14. The van der Waals surface area contributed by atoms with Crippen molar-refractivity contribution in [1.82, 2.24) is 0 Å². The highest BCUT2D eigenvalue weighted by Crippen LogP contribution is 2.41. The van der Waals surface area contributed by atoms with Crippen molar-refractivity contribution in [2.75, 3.05) is 13.7 Å². The van der Waals surface area contributed by atoms with Crippen molar-refractivity contribution >= 4 is 23.0 Å². The third-order valence-electron chi connectivity index (χ3n) is 7.56. The number of hydrogen-bond acceptors (Lipinski definition) is 13. The zero-order chi connectivity index (χ0) is 33.0. The molecule has 0 spiro atoms. The van der Waals surface area contributed by atoms with Crippen LogP contribution in [0.5, 0.6) is 28.7 Å². The average Bonchev–Trinajstić information content (AvgIpc) is 3.05. The van der Waals surface area contributed by atoms with Crippen molar-refractivity contribution in [3.8, 4) is 40.1 Å². The first-order valence-electron chi connectivity index (χ1n) is 14.2. The van der Waals surface area contributed by atoms with E-state index in [-0.39, 0.29) is 53.4 Å². The zero-order valence-corrected chi connectivity index (χ0v) is 24.8. The third-order valence-corrected chi connectivity index (χ3v) is 7.56. The normalized spacial score (nSPS) is 21.3. The van der Waals surface area contributed by atoms with Gasteiger partial charge in [-0.05, 0) is 48.0 Å². The maximum Gasteiger partial charge on any atom is 0.330 e. The number of esters is 1. The number of benzene rings is 3. The number of phenols is 3. The van der Waals surface area contributed by atoms with Crippen LogP contribution in [0, 0.1) is 0 Å². The molecule has 3 unspecified atom stereocenters. The molecule has 13 heteroatoms. The van der Waals surface area contributed by atoms with Gasteiger partial charge in [0.1, 0.15) is 52.8 Å². The Morgan fingerprint density at radius 3 is 2.35 bits per heavy atom. The van der Waals surface area contributed by atoms with Crippen LogP contribution in [0.4, 0.5) is 0 Å². The van der Waals surface area contributed by atoms with E-state index in [1.54, 1.807) is 19.1 Å². The van der Waals surface area contributed by atoms with Gasteiger partial charge in [0.05, 0.1) is 13.2 Å². The highest BCUT2D eigenvalue weighted by atomic mass is 17.1. The topological polar surface area (TPSA) is 195 Å². The van der Waals surface area contributed by atoms with Gasteiger partial charge in [0, 0.05) is 36.6 Å². The molecule has 2 heterocycles. The minimum Gasteiger partial charge on any atom is -0.508 e. The van der Waals surface area contributed by atoms with Gasteiger partial charge in [-0.2, -0.15) is 0 Å². The monoisotopic (exact) mass is 636 g/mol. The summed E-state index contributed by atoms with van der Waals surface area (Å²) in [5.41, 5.74) is 0.0886. The Hall–Kier alpha value is -5.08. The molecule has 46 heavy (non-hydrogen) atoms. The Kier molecular flexibility index (Phi) is 9.49. The second-order valence-corrected chi connectivity index (χ2v) is 10.5. The predicted molar refractivity (Wildman–Crippen MR) is 163 cm³/mol. The molecular weight excluding hydrogens is 604 g/mol. The molecular formula is C33H32O13. The molecule has 3 aromatic carbocycles. The lowest BCUT2D eigenvalue weighted by atomic mass is 9.93. The summed E-state index contributed by atoms with van der Waals surface area (Å²) >= 11 is 0. The van der Waals surface area contributed by atoms with Gasteiger partial charge in [0.2, 0.25) is 17.0 Å². The van der Waals surface area contributed by atoms with Gasteiger partial charge in [0.15, 0.2) is 5.76 Å². The van der Waals surface area contributed by atoms with Crippen molar-refractivity contribution < 1.29 is 58.7 Å². The second kappa shape index (κ2) is 13.5. The molecule has 5 rings (SSSR count). The molecule has 4 aromatic rings. The van der Waals surface area contributed by atoms with Crippen LogP contribution in [0.1, 0.15) is 25.3 Å². The first kappa shape index (κ1) is 32.3. The van der Waals surface area contributed by atoms with Crippen molar-refractivity contribution in [3.63, 3.8) is 0 Å². The van der Waals surface area contributed by atoms with Gasteiger partial charge < -0.3 is 43.8 Å². The van der Waals surface area contributed by atoms with Gasteiger partial charge in [-0.25, -0.2) is 9.68 Å². The highest BCUT2D eigenvalue weighted by molar-refractivity contribution is 5.88. The van der Waals surface area contributed by atoms with E-state index >= 15 is 0 Å². The molecule has 1 aliphatic heterocycles. The van der Waals surface area contributed by atoms with Gasteiger partial charge in [-0.15, -0.1) is 0 Å². The van der Waals surface area contributed by atoms with Crippen LogP contribution in [0.3, 0.4) is 0 Å². The van der Waals surface area contributed by atoms with E-state index in [1.807, 2.05) is 0 Å². The van der Waals surface area contributed by atoms with Crippen LogP contribution >= 0.6 is 0 Å². The quantitative estimate of drug-likeness (QED) is 0.0715. The molecule has 1 aromatic heterocycles. The molecule has 1 aliphatic rings. The SMILES string of the molecule is CC[C@]1(Oc2c(-c3ccc(O)cc3)oc3cc(OC)cc(O)c3c2=O)OC(COC(=O)/C=C/c2ccc(O)cc2)CC(OO)C1O. The lowest BCUT2D eigenvalue weighted by molar-refractivity contribution is -0.374. The first-order chi connectivity index (χ1) is 22.1. The molecule has 0 bridgehead atoms.